The van der Waals surface area contributed by atoms with Gasteiger partial charge in [-0.1, -0.05) is 18.2 Å². The van der Waals surface area contributed by atoms with E-state index in [1.807, 2.05) is 0 Å². The Morgan fingerprint density at radius 1 is 1.18 bits per heavy atom. The number of carbonyl (C=O) groups is 1. The van der Waals surface area contributed by atoms with Crippen LogP contribution in [0, 0.1) is 0 Å². The molecule has 146 valence electrons. The lowest BCUT2D eigenvalue weighted by Crippen LogP contribution is -2.16. The summed E-state index contributed by atoms with van der Waals surface area (Å²) in [6, 6.07) is 8.10. The van der Waals surface area contributed by atoms with E-state index in [0.717, 1.165) is 6.07 Å². The first-order chi connectivity index (χ1) is 13.2. The van der Waals surface area contributed by atoms with E-state index in [-0.39, 0.29) is 28.7 Å². The van der Waals surface area contributed by atoms with Crippen molar-refractivity contribution in [3.8, 4) is 17.3 Å². The van der Waals surface area contributed by atoms with Crippen LogP contribution in [0.1, 0.15) is 34.8 Å². The average molecular weight is 391 g/mol. The van der Waals surface area contributed by atoms with Gasteiger partial charge in [0.15, 0.2) is 17.8 Å². The number of amides is 1. The summed E-state index contributed by atoms with van der Waals surface area (Å²) in [6.07, 6.45) is -3.86. The standard InChI is InChI=1S/C18H16F3N5O2/c1-10(28-17-12(14(22)27)7-5-9-23-17)15-24-25-16(26(15)2)11-6-3-4-8-13(11)18(19,20)21/h3-10H,1-2H3,(H2,22,27). The summed E-state index contributed by atoms with van der Waals surface area (Å²) in [5, 5.41) is 7.86. The molecule has 0 aliphatic heterocycles. The molecule has 0 aliphatic carbocycles. The summed E-state index contributed by atoms with van der Waals surface area (Å²) < 4.78 is 47.0. The molecule has 0 aliphatic rings. The van der Waals surface area contributed by atoms with Gasteiger partial charge in [-0.3, -0.25) is 4.79 Å². The van der Waals surface area contributed by atoms with Crippen molar-refractivity contribution in [2.24, 2.45) is 12.8 Å². The molecule has 0 fully saturated rings. The molecule has 28 heavy (non-hydrogen) atoms. The molecule has 2 N–H and O–H groups in total. The molecule has 3 aromatic rings. The number of nitrogens with zero attached hydrogens (tertiary/aromatic N) is 4. The number of hydrogen-bond donors (Lipinski definition) is 1. The molecule has 1 amide bonds. The van der Waals surface area contributed by atoms with Crippen molar-refractivity contribution in [2.45, 2.75) is 19.2 Å². The van der Waals surface area contributed by atoms with Crippen LogP contribution in [0.25, 0.3) is 11.4 Å². The third-order valence-electron chi connectivity index (χ3n) is 4.07. The lowest BCUT2D eigenvalue weighted by atomic mass is 10.1. The third kappa shape index (κ3) is 3.66. The second-order valence-electron chi connectivity index (χ2n) is 5.96. The van der Waals surface area contributed by atoms with E-state index in [4.69, 9.17) is 10.5 Å². The Labute approximate surface area is 158 Å². The molecule has 1 atom stereocenters. The Kier molecular flexibility index (Phi) is 5.04. The van der Waals surface area contributed by atoms with Gasteiger partial charge < -0.3 is 15.0 Å². The second kappa shape index (κ2) is 7.29. The average Bonchev–Trinajstić information content (AvgIpc) is 3.02. The van der Waals surface area contributed by atoms with Crippen LogP contribution in [0.2, 0.25) is 0 Å². The normalized spacial score (nSPS) is 12.6. The summed E-state index contributed by atoms with van der Waals surface area (Å²) in [7, 11) is 1.53. The minimum absolute atomic E-state index is 0.00254. The zero-order chi connectivity index (χ0) is 20.5. The molecule has 1 aromatic carbocycles. The Morgan fingerprint density at radius 2 is 1.89 bits per heavy atom. The fourth-order valence-electron chi connectivity index (χ4n) is 2.75. The summed E-state index contributed by atoms with van der Waals surface area (Å²) in [5.41, 5.74) is 4.47. The number of hydrogen-bond acceptors (Lipinski definition) is 5. The molecule has 0 saturated carbocycles. The van der Waals surface area contributed by atoms with Crippen LogP contribution >= 0.6 is 0 Å². The minimum Gasteiger partial charge on any atom is -0.466 e. The number of primary amides is 1. The maximum absolute atomic E-state index is 13.3. The number of ether oxygens (including phenoxy) is 1. The fourth-order valence-corrected chi connectivity index (χ4v) is 2.75. The quantitative estimate of drug-likeness (QED) is 0.721. The number of pyridine rings is 1. The zero-order valence-corrected chi connectivity index (χ0v) is 14.9. The molecule has 3 rings (SSSR count). The monoisotopic (exact) mass is 391 g/mol. The van der Waals surface area contributed by atoms with Gasteiger partial charge in [-0.15, -0.1) is 10.2 Å². The zero-order valence-electron chi connectivity index (χ0n) is 14.9. The largest absolute Gasteiger partial charge is 0.466 e. The molecule has 2 heterocycles. The maximum atomic E-state index is 13.3. The van der Waals surface area contributed by atoms with Crippen molar-refractivity contribution in [1.82, 2.24) is 19.7 Å². The highest BCUT2D eigenvalue weighted by Gasteiger charge is 2.35. The molecule has 0 bridgehead atoms. The van der Waals surface area contributed by atoms with Crippen LogP contribution in [0.4, 0.5) is 13.2 Å². The molecule has 0 radical (unpaired) electrons. The summed E-state index contributed by atoms with van der Waals surface area (Å²) in [5.74, 6) is -0.418. The van der Waals surface area contributed by atoms with Crippen LogP contribution in [-0.4, -0.2) is 25.7 Å². The number of rotatable bonds is 5. The highest BCUT2D eigenvalue weighted by atomic mass is 19.4. The molecule has 10 heteroatoms. The van der Waals surface area contributed by atoms with Gasteiger partial charge in [-0.2, -0.15) is 13.2 Å². The Hall–Kier alpha value is -3.43. The number of nitrogens with two attached hydrogens (primary N) is 1. The van der Waals surface area contributed by atoms with Crippen LogP contribution in [0.15, 0.2) is 42.6 Å². The second-order valence-corrected chi connectivity index (χ2v) is 5.96. The van der Waals surface area contributed by atoms with E-state index in [1.54, 1.807) is 6.92 Å². The molecule has 7 nitrogen and oxygen atoms in total. The van der Waals surface area contributed by atoms with Crippen molar-refractivity contribution in [2.75, 3.05) is 0 Å². The van der Waals surface area contributed by atoms with Crippen LogP contribution in [0.3, 0.4) is 0 Å². The lowest BCUT2D eigenvalue weighted by molar-refractivity contribution is -0.137. The van der Waals surface area contributed by atoms with Crippen molar-refractivity contribution in [1.29, 1.82) is 0 Å². The first-order valence-corrected chi connectivity index (χ1v) is 8.17. The molecular formula is C18H16F3N5O2. The number of halogens is 3. The Balaban J connectivity index is 1.96. The molecule has 0 saturated heterocycles. The van der Waals surface area contributed by atoms with Gasteiger partial charge in [-0.05, 0) is 25.1 Å². The van der Waals surface area contributed by atoms with Crippen molar-refractivity contribution >= 4 is 5.91 Å². The molecular weight excluding hydrogens is 375 g/mol. The van der Waals surface area contributed by atoms with Gasteiger partial charge in [0.05, 0.1) is 5.56 Å². The summed E-state index contributed by atoms with van der Waals surface area (Å²) in [6.45, 7) is 1.61. The minimum atomic E-state index is -4.53. The third-order valence-corrected chi connectivity index (χ3v) is 4.07. The number of benzene rings is 1. The van der Waals surface area contributed by atoms with Crippen molar-refractivity contribution in [3.63, 3.8) is 0 Å². The van der Waals surface area contributed by atoms with Gasteiger partial charge >= 0.3 is 6.18 Å². The molecule has 2 aromatic heterocycles. The van der Waals surface area contributed by atoms with Gasteiger partial charge in [0, 0.05) is 18.8 Å². The van der Waals surface area contributed by atoms with E-state index in [2.05, 4.69) is 15.2 Å². The van der Waals surface area contributed by atoms with Gasteiger partial charge in [0.25, 0.3) is 5.91 Å². The summed E-state index contributed by atoms with van der Waals surface area (Å²) in [4.78, 5) is 15.5. The van der Waals surface area contributed by atoms with Crippen molar-refractivity contribution in [3.05, 3.63) is 59.5 Å². The van der Waals surface area contributed by atoms with E-state index >= 15 is 0 Å². The first kappa shape index (κ1) is 19.3. The van der Waals surface area contributed by atoms with Crippen molar-refractivity contribution < 1.29 is 22.7 Å². The molecule has 0 spiro atoms. The smallest absolute Gasteiger partial charge is 0.417 e. The Bertz CT molecular complexity index is 1020. The number of aromatic nitrogens is 4. The van der Waals surface area contributed by atoms with Gasteiger partial charge in [0.1, 0.15) is 5.56 Å². The van der Waals surface area contributed by atoms with Gasteiger partial charge in [-0.25, -0.2) is 4.98 Å². The highest BCUT2D eigenvalue weighted by molar-refractivity contribution is 5.94. The van der Waals surface area contributed by atoms with E-state index in [9.17, 15) is 18.0 Å². The highest BCUT2D eigenvalue weighted by Crippen LogP contribution is 2.36. The molecule has 1 unspecified atom stereocenters. The van der Waals surface area contributed by atoms with Crippen LogP contribution in [-0.2, 0) is 13.2 Å². The van der Waals surface area contributed by atoms with E-state index in [1.165, 1.54) is 48.1 Å². The van der Waals surface area contributed by atoms with Crippen LogP contribution in [0.5, 0.6) is 5.88 Å². The SMILES string of the molecule is CC(Oc1ncccc1C(N)=O)c1nnc(-c2ccccc2C(F)(F)F)n1C. The maximum Gasteiger partial charge on any atom is 0.417 e. The predicted octanol–water partition coefficient (Wildman–Crippen LogP) is 3.13. The predicted molar refractivity (Wildman–Crippen MR) is 93.2 cm³/mol. The number of carbonyl (C=O) groups excluding carboxylic acids is 1. The van der Waals surface area contributed by atoms with Crippen LogP contribution < -0.4 is 10.5 Å². The van der Waals surface area contributed by atoms with E-state index < -0.39 is 23.8 Å². The first-order valence-electron chi connectivity index (χ1n) is 8.17. The summed E-state index contributed by atoms with van der Waals surface area (Å²) >= 11 is 0. The Morgan fingerprint density at radius 3 is 2.57 bits per heavy atom. The number of alkyl halides is 3. The fraction of sp³-hybridized carbons (Fsp3) is 0.222. The van der Waals surface area contributed by atoms with Gasteiger partial charge in [0.2, 0.25) is 5.88 Å². The van der Waals surface area contributed by atoms with E-state index in [0.29, 0.717) is 0 Å². The lowest BCUT2D eigenvalue weighted by Gasteiger charge is -2.16. The topological polar surface area (TPSA) is 95.9 Å².